The SMILES string of the molecule is CCCNC(CSC(C)C)Cc1cccc(F)c1F. The molecular formula is C15H23F2NS. The second-order valence-corrected chi connectivity index (χ2v) is 6.56. The molecule has 1 aromatic carbocycles. The molecule has 1 atom stereocenters. The molecule has 1 nitrogen and oxygen atoms in total. The molecule has 1 N–H and O–H groups in total. The minimum Gasteiger partial charge on any atom is -0.313 e. The normalized spacial score (nSPS) is 12.9. The summed E-state index contributed by atoms with van der Waals surface area (Å²) in [6.45, 7) is 7.29. The predicted octanol–water partition coefficient (Wildman–Crippen LogP) is 4.02. The van der Waals surface area contributed by atoms with Crippen LogP contribution in [0.15, 0.2) is 18.2 Å². The quantitative estimate of drug-likeness (QED) is 0.775. The number of nitrogens with one attached hydrogen (secondary N) is 1. The molecule has 0 aliphatic rings. The van der Waals surface area contributed by atoms with Gasteiger partial charge in [-0.25, -0.2) is 8.78 Å². The van der Waals surface area contributed by atoms with E-state index >= 15 is 0 Å². The zero-order chi connectivity index (χ0) is 14.3. The van der Waals surface area contributed by atoms with Crippen LogP contribution in [-0.2, 0) is 6.42 Å². The summed E-state index contributed by atoms with van der Waals surface area (Å²) < 4.78 is 26.9. The first-order chi connectivity index (χ1) is 9.04. The van der Waals surface area contributed by atoms with Gasteiger partial charge in [0.1, 0.15) is 0 Å². The highest BCUT2D eigenvalue weighted by Crippen LogP contribution is 2.17. The van der Waals surface area contributed by atoms with Crippen molar-refractivity contribution in [1.82, 2.24) is 5.32 Å². The Balaban J connectivity index is 2.66. The smallest absolute Gasteiger partial charge is 0.162 e. The first-order valence-electron chi connectivity index (χ1n) is 6.82. The van der Waals surface area contributed by atoms with Gasteiger partial charge in [0.05, 0.1) is 0 Å². The molecule has 19 heavy (non-hydrogen) atoms. The molecule has 1 unspecified atom stereocenters. The number of hydrogen-bond acceptors (Lipinski definition) is 2. The van der Waals surface area contributed by atoms with Crippen LogP contribution in [0.5, 0.6) is 0 Å². The summed E-state index contributed by atoms with van der Waals surface area (Å²) in [5.74, 6) is -0.559. The van der Waals surface area contributed by atoms with Crippen molar-refractivity contribution >= 4 is 11.8 Å². The van der Waals surface area contributed by atoms with Gasteiger partial charge in [-0.3, -0.25) is 0 Å². The molecule has 1 rings (SSSR count). The van der Waals surface area contributed by atoms with Crippen molar-refractivity contribution in [2.24, 2.45) is 0 Å². The lowest BCUT2D eigenvalue weighted by molar-refractivity contribution is 0.483. The number of hydrogen-bond donors (Lipinski definition) is 1. The Morgan fingerprint density at radius 1 is 1.26 bits per heavy atom. The van der Waals surface area contributed by atoms with E-state index in [9.17, 15) is 8.78 Å². The van der Waals surface area contributed by atoms with Gasteiger partial charge < -0.3 is 5.32 Å². The van der Waals surface area contributed by atoms with Crippen LogP contribution in [0.2, 0.25) is 0 Å². The van der Waals surface area contributed by atoms with E-state index in [4.69, 9.17) is 0 Å². The predicted molar refractivity (Wildman–Crippen MR) is 79.7 cm³/mol. The average Bonchev–Trinajstić information content (AvgIpc) is 2.37. The Kier molecular flexibility index (Phi) is 7.39. The van der Waals surface area contributed by atoms with Crippen LogP contribution >= 0.6 is 11.8 Å². The van der Waals surface area contributed by atoms with Crippen LogP contribution in [0.1, 0.15) is 32.8 Å². The summed E-state index contributed by atoms with van der Waals surface area (Å²) >= 11 is 1.84. The van der Waals surface area contributed by atoms with E-state index in [1.807, 2.05) is 11.8 Å². The Bertz CT molecular complexity index is 382. The third-order valence-electron chi connectivity index (χ3n) is 2.81. The standard InChI is InChI=1S/C15H23F2NS/c1-4-8-18-13(10-19-11(2)3)9-12-6-5-7-14(16)15(12)17/h5-7,11,13,18H,4,8-10H2,1-3H3. The molecule has 0 saturated carbocycles. The van der Waals surface area contributed by atoms with Crippen LogP contribution in [0.4, 0.5) is 8.78 Å². The summed E-state index contributed by atoms with van der Waals surface area (Å²) in [7, 11) is 0. The van der Waals surface area contributed by atoms with E-state index in [1.54, 1.807) is 12.1 Å². The number of benzene rings is 1. The Morgan fingerprint density at radius 2 is 2.00 bits per heavy atom. The van der Waals surface area contributed by atoms with E-state index in [0.717, 1.165) is 24.8 Å². The Morgan fingerprint density at radius 3 is 2.63 bits per heavy atom. The zero-order valence-corrected chi connectivity index (χ0v) is 12.7. The van der Waals surface area contributed by atoms with Gasteiger partial charge in [-0.05, 0) is 36.3 Å². The fourth-order valence-electron chi connectivity index (χ4n) is 1.82. The van der Waals surface area contributed by atoms with Crippen LogP contribution in [0, 0.1) is 11.6 Å². The van der Waals surface area contributed by atoms with Gasteiger partial charge >= 0.3 is 0 Å². The molecule has 108 valence electrons. The van der Waals surface area contributed by atoms with Gasteiger partial charge in [0.15, 0.2) is 11.6 Å². The van der Waals surface area contributed by atoms with Gasteiger partial charge in [0.25, 0.3) is 0 Å². The molecule has 0 fully saturated rings. The van der Waals surface area contributed by atoms with Crippen molar-refractivity contribution in [3.8, 4) is 0 Å². The lowest BCUT2D eigenvalue weighted by Crippen LogP contribution is -2.34. The number of rotatable bonds is 8. The van der Waals surface area contributed by atoms with E-state index in [1.165, 1.54) is 0 Å². The van der Waals surface area contributed by atoms with Crippen molar-refractivity contribution < 1.29 is 8.78 Å². The molecule has 1 aromatic rings. The van der Waals surface area contributed by atoms with Crippen molar-refractivity contribution in [2.75, 3.05) is 12.3 Å². The van der Waals surface area contributed by atoms with Gasteiger partial charge in [-0.1, -0.05) is 32.9 Å². The highest BCUT2D eigenvalue weighted by molar-refractivity contribution is 7.99. The minimum absolute atomic E-state index is 0.184. The van der Waals surface area contributed by atoms with Gasteiger partial charge in [0.2, 0.25) is 0 Å². The topological polar surface area (TPSA) is 12.0 Å². The summed E-state index contributed by atoms with van der Waals surface area (Å²) in [5, 5.41) is 3.95. The van der Waals surface area contributed by atoms with E-state index in [0.29, 0.717) is 17.2 Å². The number of halogens is 2. The van der Waals surface area contributed by atoms with Crippen LogP contribution < -0.4 is 5.32 Å². The highest BCUT2D eigenvalue weighted by Gasteiger charge is 2.14. The first-order valence-corrected chi connectivity index (χ1v) is 7.87. The monoisotopic (exact) mass is 287 g/mol. The molecule has 0 aromatic heterocycles. The molecule has 0 heterocycles. The second-order valence-electron chi connectivity index (χ2n) is 4.95. The third kappa shape index (κ3) is 5.91. The minimum atomic E-state index is -0.761. The average molecular weight is 287 g/mol. The first kappa shape index (κ1) is 16.4. The largest absolute Gasteiger partial charge is 0.313 e. The molecule has 0 aliphatic carbocycles. The van der Waals surface area contributed by atoms with Gasteiger partial charge in [-0.2, -0.15) is 11.8 Å². The molecule has 0 spiro atoms. The summed E-state index contributed by atoms with van der Waals surface area (Å²) in [6, 6.07) is 4.58. The Hall–Kier alpha value is -0.610. The third-order valence-corrected chi connectivity index (χ3v) is 4.07. The van der Waals surface area contributed by atoms with E-state index in [2.05, 4.69) is 26.1 Å². The van der Waals surface area contributed by atoms with Crippen molar-refractivity contribution in [1.29, 1.82) is 0 Å². The molecule has 0 radical (unpaired) electrons. The summed E-state index contributed by atoms with van der Waals surface area (Å²) in [5.41, 5.74) is 0.456. The molecule has 0 amide bonds. The van der Waals surface area contributed by atoms with Crippen molar-refractivity contribution in [3.05, 3.63) is 35.4 Å². The molecule has 0 bridgehead atoms. The van der Waals surface area contributed by atoms with Crippen molar-refractivity contribution in [3.63, 3.8) is 0 Å². The summed E-state index contributed by atoms with van der Waals surface area (Å²) in [6.07, 6.45) is 1.57. The van der Waals surface area contributed by atoms with Crippen LogP contribution in [-0.4, -0.2) is 23.6 Å². The van der Waals surface area contributed by atoms with E-state index in [-0.39, 0.29) is 6.04 Å². The van der Waals surface area contributed by atoms with Crippen LogP contribution in [0.3, 0.4) is 0 Å². The van der Waals surface area contributed by atoms with Crippen molar-refractivity contribution in [2.45, 2.75) is 44.9 Å². The highest BCUT2D eigenvalue weighted by atomic mass is 32.2. The van der Waals surface area contributed by atoms with Crippen LogP contribution in [0.25, 0.3) is 0 Å². The Labute approximate surface area is 119 Å². The van der Waals surface area contributed by atoms with Gasteiger partial charge in [-0.15, -0.1) is 0 Å². The molecule has 4 heteroatoms. The maximum Gasteiger partial charge on any atom is 0.162 e. The fourth-order valence-corrected chi connectivity index (χ4v) is 2.67. The molecule has 0 saturated heterocycles. The number of thioether (sulfide) groups is 1. The van der Waals surface area contributed by atoms with E-state index < -0.39 is 11.6 Å². The molecular weight excluding hydrogens is 264 g/mol. The maximum atomic E-state index is 13.7. The summed E-state index contributed by atoms with van der Waals surface area (Å²) in [4.78, 5) is 0. The fraction of sp³-hybridized carbons (Fsp3) is 0.600. The maximum absolute atomic E-state index is 13.7. The molecule has 0 aliphatic heterocycles. The van der Waals surface area contributed by atoms with Gasteiger partial charge in [0, 0.05) is 11.8 Å². The second kappa shape index (κ2) is 8.54. The lowest BCUT2D eigenvalue weighted by atomic mass is 10.1. The zero-order valence-electron chi connectivity index (χ0n) is 11.9. The lowest BCUT2D eigenvalue weighted by Gasteiger charge is -2.19.